The number of alkyl halides is 3. The standard InChI is InChI=1S/C34H39F3N4O4/c1-8-27-25(32-21(4)10-9-11-22(32)5)15-24(18-38-27)28(17-31(43)44)39-33(45)29(14-20(2)3)41-19-23(12-13-40(6)7)26(16-30(41)42)34(35,36)37/h1,9-11,15-16,18-20,28-29H,12-14,17H2,2-7H3,(H,39,45)(H,43,44). The second-order valence-corrected chi connectivity index (χ2v) is 11.9. The Balaban J connectivity index is 2.12. The van der Waals surface area contributed by atoms with E-state index < -0.39 is 47.7 Å². The first-order valence-electron chi connectivity index (χ1n) is 14.6. The van der Waals surface area contributed by atoms with Gasteiger partial charge in [-0.3, -0.25) is 14.4 Å². The molecule has 2 aromatic heterocycles. The minimum atomic E-state index is -4.76. The fraction of sp³-hybridized carbons (Fsp3) is 0.412. The highest BCUT2D eigenvalue weighted by Gasteiger charge is 2.36. The van der Waals surface area contributed by atoms with Crippen LogP contribution in [-0.4, -0.2) is 52.1 Å². The maximum absolute atomic E-state index is 13.9. The van der Waals surface area contributed by atoms with Crippen LogP contribution in [-0.2, 0) is 22.2 Å². The predicted octanol–water partition coefficient (Wildman–Crippen LogP) is 5.55. The van der Waals surface area contributed by atoms with Crippen LogP contribution in [0.25, 0.3) is 11.1 Å². The number of nitrogens with zero attached hydrogens (tertiary/aromatic N) is 3. The monoisotopic (exact) mass is 624 g/mol. The molecule has 0 radical (unpaired) electrons. The Morgan fingerprint density at radius 3 is 2.33 bits per heavy atom. The average molecular weight is 625 g/mol. The van der Waals surface area contributed by atoms with Crippen molar-refractivity contribution in [2.75, 3.05) is 20.6 Å². The summed E-state index contributed by atoms with van der Waals surface area (Å²) in [4.78, 5) is 45.1. The number of halogens is 3. The Kier molecular flexibility index (Phi) is 11.3. The Morgan fingerprint density at radius 1 is 1.16 bits per heavy atom. The minimum Gasteiger partial charge on any atom is -0.481 e. The summed E-state index contributed by atoms with van der Waals surface area (Å²) in [6.45, 7) is 7.74. The summed E-state index contributed by atoms with van der Waals surface area (Å²) in [5.41, 5.74) is 1.85. The van der Waals surface area contributed by atoms with E-state index in [9.17, 15) is 32.7 Å². The normalized spacial score (nSPS) is 13.0. The lowest BCUT2D eigenvalue weighted by molar-refractivity contribution is -0.139. The fourth-order valence-electron chi connectivity index (χ4n) is 5.35. The molecule has 1 aromatic carbocycles. The molecule has 0 aliphatic heterocycles. The predicted molar refractivity (Wildman–Crippen MR) is 167 cm³/mol. The maximum Gasteiger partial charge on any atom is 0.416 e. The molecule has 0 saturated heterocycles. The number of pyridine rings is 2. The zero-order chi connectivity index (χ0) is 33.6. The summed E-state index contributed by atoms with van der Waals surface area (Å²) in [5.74, 6) is 0.527. The van der Waals surface area contributed by atoms with E-state index >= 15 is 0 Å². The number of carbonyl (C=O) groups excluding carboxylic acids is 1. The number of carboxylic acid groups (broad SMARTS) is 1. The first-order valence-corrected chi connectivity index (χ1v) is 14.6. The lowest BCUT2D eigenvalue weighted by Crippen LogP contribution is -2.40. The van der Waals surface area contributed by atoms with Gasteiger partial charge in [-0.05, 0) is 86.5 Å². The third-order valence-electron chi connectivity index (χ3n) is 7.52. The number of carbonyl (C=O) groups is 2. The van der Waals surface area contributed by atoms with Gasteiger partial charge in [-0.15, -0.1) is 6.42 Å². The van der Waals surface area contributed by atoms with Crippen LogP contribution in [0.4, 0.5) is 13.2 Å². The van der Waals surface area contributed by atoms with Crippen LogP contribution < -0.4 is 10.9 Å². The molecule has 8 nitrogen and oxygen atoms in total. The van der Waals surface area contributed by atoms with E-state index in [1.807, 2.05) is 45.9 Å². The van der Waals surface area contributed by atoms with E-state index in [1.165, 1.54) is 6.20 Å². The zero-order valence-electron chi connectivity index (χ0n) is 26.3. The van der Waals surface area contributed by atoms with E-state index in [-0.39, 0.29) is 30.9 Å². The van der Waals surface area contributed by atoms with Crippen molar-refractivity contribution in [1.82, 2.24) is 19.8 Å². The molecule has 3 rings (SSSR count). The summed E-state index contributed by atoms with van der Waals surface area (Å²) in [7, 11) is 3.44. The van der Waals surface area contributed by atoms with E-state index in [2.05, 4.69) is 16.2 Å². The number of aromatic nitrogens is 2. The van der Waals surface area contributed by atoms with E-state index in [4.69, 9.17) is 6.42 Å². The summed E-state index contributed by atoms with van der Waals surface area (Å²) >= 11 is 0. The number of aliphatic carboxylic acids is 1. The van der Waals surface area contributed by atoms with Gasteiger partial charge in [-0.25, -0.2) is 4.98 Å². The van der Waals surface area contributed by atoms with E-state index in [0.29, 0.717) is 22.9 Å². The van der Waals surface area contributed by atoms with Crippen molar-refractivity contribution >= 4 is 11.9 Å². The third kappa shape index (κ3) is 8.82. The first kappa shape index (κ1) is 35.1. The van der Waals surface area contributed by atoms with Gasteiger partial charge in [0, 0.05) is 30.6 Å². The number of rotatable bonds is 12. The van der Waals surface area contributed by atoms with E-state index in [0.717, 1.165) is 27.5 Å². The van der Waals surface area contributed by atoms with Gasteiger partial charge in [0.1, 0.15) is 11.7 Å². The maximum atomic E-state index is 13.9. The molecule has 11 heteroatoms. The molecule has 0 aliphatic carbocycles. The van der Waals surface area contributed by atoms with Crippen LogP contribution in [0.1, 0.15) is 72.3 Å². The molecule has 0 saturated carbocycles. The molecule has 0 fully saturated rings. The summed E-state index contributed by atoms with van der Waals surface area (Å²) in [5, 5.41) is 12.5. The number of aryl methyl sites for hydroxylation is 2. The summed E-state index contributed by atoms with van der Waals surface area (Å²) < 4.78 is 42.7. The molecule has 2 heterocycles. The van der Waals surface area contributed by atoms with Gasteiger partial charge in [0.05, 0.1) is 18.0 Å². The van der Waals surface area contributed by atoms with Crippen molar-refractivity contribution in [2.24, 2.45) is 5.92 Å². The smallest absolute Gasteiger partial charge is 0.416 e. The van der Waals surface area contributed by atoms with Crippen molar-refractivity contribution in [2.45, 2.75) is 65.2 Å². The van der Waals surface area contributed by atoms with Crippen molar-refractivity contribution in [3.8, 4) is 23.5 Å². The average Bonchev–Trinajstić information content (AvgIpc) is 2.93. The number of likely N-dealkylation sites (N-methyl/N-ethyl adjacent to an activating group) is 1. The largest absolute Gasteiger partial charge is 0.481 e. The highest BCUT2D eigenvalue weighted by atomic mass is 19.4. The minimum absolute atomic E-state index is 0.00588. The third-order valence-corrected chi connectivity index (χ3v) is 7.52. The second kappa shape index (κ2) is 14.6. The van der Waals surface area contributed by atoms with Gasteiger partial charge in [0.15, 0.2) is 0 Å². The second-order valence-electron chi connectivity index (χ2n) is 11.9. The number of carboxylic acids is 1. The van der Waals surface area contributed by atoms with Crippen LogP contribution in [0.2, 0.25) is 0 Å². The molecule has 2 unspecified atom stereocenters. The van der Waals surface area contributed by atoms with Crippen LogP contribution in [0.15, 0.2) is 47.5 Å². The van der Waals surface area contributed by atoms with Gasteiger partial charge in [-0.1, -0.05) is 32.0 Å². The summed E-state index contributed by atoms with van der Waals surface area (Å²) in [6.07, 6.45) is 3.10. The highest BCUT2D eigenvalue weighted by molar-refractivity contribution is 5.82. The van der Waals surface area contributed by atoms with Crippen molar-refractivity contribution in [3.05, 3.63) is 86.6 Å². The molecule has 0 aliphatic rings. The molecule has 0 bridgehead atoms. The fourth-order valence-corrected chi connectivity index (χ4v) is 5.35. The zero-order valence-corrected chi connectivity index (χ0v) is 26.3. The van der Waals surface area contributed by atoms with Crippen LogP contribution in [0.3, 0.4) is 0 Å². The molecular formula is C34H39F3N4O4. The number of hydrogen-bond donors (Lipinski definition) is 2. The van der Waals surface area contributed by atoms with Crippen LogP contribution in [0.5, 0.6) is 0 Å². The van der Waals surface area contributed by atoms with Gasteiger partial charge >= 0.3 is 12.1 Å². The number of hydrogen-bond acceptors (Lipinski definition) is 5. The molecule has 2 N–H and O–H groups in total. The Morgan fingerprint density at radius 2 is 1.80 bits per heavy atom. The number of nitrogens with one attached hydrogen (secondary N) is 1. The van der Waals surface area contributed by atoms with Gasteiger partial charge < -0.3 is 19.9 Å². The lowest BCUT2D eigenvalue weighted by atomic mass is 9.92. The van der Waals surface area contributed by atoms with E-state index in [1.54, 1.807) is 25.1 Å². The molecule has 1 amide bonds. The van der Waals surface area contributed by atoms with Crippen LogP contribution >= 0.6 is 0 Å². The molecule has 45 heavy (non-hydrogen) atoms. The molecule has 2 atom stereocenters. The molecule has 3 aromatic rings. The number of benzene rings is 1. The van der Waals surface area contributed by atoms with Gasteiger partial charge in [0.25, 0.3) is 5.56 Å². The van der Waals surface area contributed by atoms with Crippen molar-refractivity contribution < 1.29 is 27.9 Å². The Bertz CT molecular complexity index is 1630. The topological polar surface area (TPSA) is 105 Å². The molecular weight excluding hydrogens is 585 g/mol. The van der Waals surface area contributed by atoms with Crippen molar-refractivity contribution in [1.29, 1.82) is 0 Å². The molecule has 240 valence electrons. The number of terminal acetylenes is 1. The van der Waals surface area contributed by atoms with Gasteiger partial charge in [0.2, 0.25) is 5.91 Å². The molecule has 0 spiro atoms. The van der Waals surface area contributed by atoms with Gasteiger partial charge in [-0.2, -0.15) is 13.2 Å². The van der Waals surface area contributed by atoms with Crippen LogP contribution in [0, 0.1) is 32.1 Å². The SMILES string of the molecule is C#Cc1ncc(C(CC(=O)O)NC(=O)C(CC(C)C)n2cc(CCN(C)C)c(C(F)(F)F)cc2=O)cc1-c1c(C)cccc1C. The lowest BCUT2D eigenvalue weighted by Gasteiger charge is -2.26. The number of amides is 1. The Hall–Kier alpha value is -4.43. The highest BCUT2D eigenvalue weighted by Crippen LogP contribution is 2.34. The summed E-state index contributed by atoms with van der Waals surface area (Å²) in [6, 6.07) is 5.67. The Labute approximate surface area is 261 Å². The van der Waals surface area contributed by atoms with Crippen molar-refractivity contribution in [3.63, 3.8) is 0 Å². The quantitative estimate of drug-likeness (QED) is 0.256. The first-order chi connectivity index (χ1) is 21.0.